The van der Waals surface area contributed by atoms with Crippen LogP contribution in [0.2, 0.25) is 39.9 Å². The number of halogens is 3. The van der Waals surface area contributed by atoms with E-state index in [4.69, 9.17) is 0 Å². The Labute approximate surface area is 720 Å². The molecule has 108 heavy (non-hydrogen) atoms. The molecule has 0 aromatic heterocycles. The van der Waals surface area contributed by atoms with Crippen LogP contribution in [-0.2, 0) is 0 Å². The maximum atomic E-state index is 2.75. The Morgan fingerprint density at radius 1 is 0.269 bits per heavy atom. The zero-order chi connectivity index (χ0) is 79.7. The summed E-state index contributed by atoms with van der Waals surface area (Å²) in [6.07, 6.45) is 44.0. The van der Waals surface area contributed by atoms with Gasteiger partial charge in [-0.1, -0.05) is 232 Å². The van der Waals surface area contributed by atoms with Gasteiger partial charge in [-0.15, -0.1) is 0 Å². The second-order valence-corrected chi connectivity index (χ2v) is 70.7. The number of rotatable bonds is 35. The van der Waals surface area contributed by atoms with E-state index in [2.05, 4.69) is 354 Å². The number of benzene rings is 8. The van der Waals surface area contributed by atoms with Crippen molar-refractivity contribution in [3.63, 3.8) is 0 Å². The van der Waals surface area contributed by atoms with Crippen molar-refractivity contribution in [1.29, 1.82) is 0 Å². The van der Waals surface area contributed by atoms with E-state index in [1.807, 2.05) is 115 Å². The summed E-state index contributed by atoms with van der Waals surface area (Å²) in [7, 11) is 0. The van der Waals surface area contributed by atoms with Crippen LogP contribution in [-0.4, -0.2) is 55.1 Å². The normalized spacial score (nSPS) is 11.1. The van der Waals surface area contributed by atoms with E-state index in [0.717, 1.165) is 0 Å². The van der Waals surface area contributed by atoms with Gasteiger partial charge in [-0.2, -0.15) is 0 Å². The number of aryl methyl sites for hydroxylation is 2. The second kappa shape index (κ2) is 73.9. The molecule has 0 aliphatic carbocycles. The van der Waals surface area contributed by atoms with E-state index in [1.165, 1.54) is 158 Å². The summed E-state index contributed by atoms with van der Waals surface area (Å²) in [5.41, 5.74) is 9.09. The van der Waals surface area contributed by atoms with Gasteiger partial charge in [0.25, 0.3) is 0 Å². The molecular weight excluding hydrogens is 1960 g/mol. The molecule has 0 bridgehead atoms. The first kappa shape index (κ1) is 105. The Bertz CT molecular complexity index is 3230. The molecule has 0 N–H and O–H groups in total. The molecule has 0 unspecified atom stereocenters. The van der Waals surface area contributed by atoms with E-state index < -0.39 is 55.1 Å². The third kappa shape index (κ3) is 53.0. The average Bonchev–Trinajstić information content (AvgIpc) is 0.823. The van der Waals surface area contributed by atoms with Gasteiger partial charge in [0, 0.05) is 3.57 Å². The van der Waals surface area contributed by atoms with Crippen molar-refractivity contribution in [1.82, 2.24) is 0 Å². The summed E-state index contributed by atoms with van der Waals surface area (Å²) in [6.45, 7) is 33.3. The molecule has 0 saturated carbocycles. The SMILES string of the molecule is C/C=C/C=C\c1ccccc1.C/C=C/I.C/C=C/I.C/C=C/c1ccccc1.CCC[CH2][Sn](/[CH]=C\c1ccccc1)([CH2]CCC)[CH2]CCC.CCC[CH2][Sn]([CH2]CCC)([CH2]CCC)[c]1ccccc1.CCC[CH2][Sn]([CH2]CCC)([CH2]CCC)[c]1ccccc1.Cc1ccc(-c2ccccc2)cc1.Cc1ccc(I)cc1. The molecule has 0 fully saturated rings. The third-order valence-corrected chi connectivity index (χ3v) is 66.9. The summed E-state index contributed by atoms with van der Waals surface area (Å²) in [5, 5.41) is 0. The minimum Gasteiger partial charge on any atom is -0.0622 e. The fourth-order valence-electron chi connectivity index (χ4n) is 12.8. The molecular formula is C102H149I3Sn3. The van der Waals surface area contributed by atoms with Crippen LogP contribution in [0.15, 0.2) is 279 Å². The molecule has 6 heteroatoms. The van der Waals surface area contributed by atoms with E-state index in [0.29, 0.717) is 0 Å². The van der Waals surface area contributed by atoms with Crippen LogP contribution in [0.3, 0.4) is 0 Å². The van der Waals surface area contributed by atoms with E-state index in [-0.39, 0.29) is 0 Å². The third-order valence-electron chi connectivity index (χ3n) is 19.3. The summed E-state index contributed by atoms with van der Waals surface area (Å²) in [6, 6.07) is 82.1. The zero-order valence-corrected chi connectivity index (χ0v) is 85.6. The molecule has 0 atom stereocenters. The summed E-state index contributed by atoms with van der Waals surface area (Å²) < 4.78 is 25.8. The largest absolute Gasteiger partial charge is 0.0622 e. The molecule has 0 aliphatic rings. The molecule has 0 spiro atoms. The monoisotopic (exact) mass is 2110 g/mol. The van der Waals surface area contributed by atoms with Gasteiger partial charge in [0.15, 0.2) is 0 Å². The quantitative estimate of drug-likeness (QED) is 0.0211. The van der Waals surface area contributed by atoms with Crippen molar-refractivity contribution >= 4 is 148 Å². The topological polar surface area (TPSA) is 0 Å². The molecule has 8 rings (SSSR count). The van der Waals surface area contributed by atoms with E-state index in [9.17, 15) is 0 Å². The van der Waals surface area contributed by atoms with Gasteiger partial charge in [-0.25, -0.2) is 0 Å². The zero-order valence-electron chi connectivity index (χ0n) is 70.6. The van der Waals surface area contributed by atoms with Crippen molar-refractivity contribution < 1.29 is 0 Å². The van der Waals surface area contributed by atoms with Crippen LogP contribution in [0.25, 0.3) is 29.4 Å². The molecule has 0 nitrogen and oxygen atoms in total. The minimum atomic E-state index is -2.10. The molecule has 0 saturated heterocycles. The summed E-state index contributed by atoms with van der Waals surface area (Å²) in [5.74, 6) is 0. The molecule has 0 heterocycles. The first-order chi connectivity index (χ1) is 52.7. The number of unbranched alkanes of at least 4 members (excludes halogenated alkanes) is 9. The van der Waals surface area contributed by atoms with Crippen LogP contribution in [0.1, 0.15) is 233 Å². The first-order valence-electron chi connectivity index (χ1n) is 41.8. The maximum Gasteiger partial charge on any atom is 0.0130 e. The average molecular weight is 2110 g/mol. The van der Waals surface area contributed by atoms with Gasteiger partial charge < -0.3 is 0 Å². The van der Waals surface area contributed by atoms with Crippen LogP contribution in [0, 0.1) is 17.4 Å². The smallest absolute Gasteiger partial charge is 0.0130 e. The van der Waals surface area contributed by atoms with Gasteiger partial charge in [0.1, 0.15) is 0 Å². The van der Waals surface area contributed by atoms with Crippen LogP contribution in [0.5, 0.6) is 0 Å². The van der Waals surface area contributed by atoms with Gasteiger partial charge in [-0.05, 0) is 107 Å². The Kier molecular flexibility index (Phi) is 71.7. The predicted octanol–water partition coefficient (Wildman–Crippen LogP) is 34.7. The molecule has 0 aliphatic heterocycles. The van der Waals surface area contributed by atoms with Crippen LogP contribution >= 0.6 is 67.8 Å². The van der Waals surface area contributed by atoms with Gasteiger partial charge in [-0.3, -0.25) is 0 Å². The standard InChI is InChI=1S/C13H12.C11H12.C9H10.C8H7.C7H7I.2C6H5.9C4H9.2C3H5I.3Sn/c1-11-7-9-13(10-8-11)12-5-3-2-4-6-12;1-2-3-5-8-11-9-6-4-7-10-11;1-2-6-9-7-4-3-5-8-9;1-2-8-6-4-3-5-7-8;1-6-2-4-7(8)5-3-6;2*1-2-4-6-5-3-1;9*1-3-4-2;2*1-2-3-4;;;/h2-10H,1H3;2-10H,1H3;2-8H,1H3;1-7H;2-5H,1H3;2*1-5H;9*1,3-4H2,2H3;2*2-3H,1H3;;;/b;3-2+,8-5-;6-2+;;;;;;;;;;;;;;2*3-2+;;;. The van der Waals surface area contributed by atoms with Gasteiger partial charge in [0.2, 0.25) is 0 Å². The van der Waals surface area contributed by atoms with Crippen LogP contribution in [0.4, 0.5) is 0 Å². The molecule has 8 aromatic rings. The van der Waals surface area contributed by atoms with Crippen molar-refractivity contribution in [2.24, 2.45) is 0 Å². The number of allylic oxidation sites excluding steroid dienone is 6. The van der Waals surface area contributed by atoms with E-state index >= 15 is 0 Å². The molecule has 0 amide bonds. The summed E-state index contributed by atoms with van der Waals surface area (Å²) in [4.78, 5) is 0. The number of hydrogen-bond donors (Lipinski definition) is 0. The van der Waals surface area contributed by atoms with Crippen molar-refractivity contribution in [2.75, 3.05) is 0 Å². The maximum absolute atomic E-state index is 2.75. The summed E-state index contributed by atoms with van der Waals surface area (Å²) >= 11 is 0.380. The Morgan fingerprint density at radius 2 is 0.528 bits per heavy atom. The van der Waals surface area contributed by atoms with Crippen molar-refractivity contribution in [3.05, 3.63) is 311 Å². The van der Waals surface area contributed by atoms with Crippen molar-refractivity contribution in [2.45, 2.75) is 259 Å². The fourth-order valence-corrected chi connectivity index (χ4v) is 59.4. The molecule has 0 radical (unpaired) electrons. The Hall–Kier alpha value is -3.21. The van der Waals surface area contributed by atoms with Gasteiger partial charge >= 0.3 is 387 Å². The van der Waals surface area contributed by atoms with E-state index in [1.54, 1.807) is 47.1 Å². The first-order valence-corrected chi connectivity index (χ1v) is 68.1. The number of hydrogen-bond acceptors (Lipinski definition) is 0. The van der Waals surface area contributed by atoms with Crippen molar-refractivity contribution in [3.8, 4) is 11.1 Å². The Morgan fingerprint density at radius 3 is 0.806 bits per heavy atom. The fraction of sp³-hybridized carbons (Fsp3) is 0.412. The van der Waals surface area contributed by atoms with Crippen LogP contribution < -0.4 is 7.16 Å². The Balaban J connectivity index is 0.00000124. The molecule has 590 valence electrons. The molecule has 8 aromatic carbocycles. The second-order valence-electron chi connectivity index (χ2n) is 28.5. The predicted molar refractivity (Wildman–Crippen MR) is 532 cm³/mol. The van der Waals surface area contributed by atoms with Gasteiger partial charge in [0.05, 0.1) is 0 Å². The minimum absolute atomic E-state index is 1.24.